The summed E-state index contributed by atoms with van der Waals surface area (Å²) < 4.78 is 0. The summed E-state index contributed by atoms with van der Waals surface area (Å²) in [7, 11) is 0. The van der Waals surface area contributed by atoms with Gasteiger partial charge < -0.3 is 10.0 Å². The van der Waals surface area contributed by atoms with E-state index >= 15 is 0 Å². The largest absolute Gasteiger partial charge is 0.480 e. The van der Waals surface area contributed by atoms with Crippen molar-refractivity contribution in [1.29, 1.82) is 0 Å². The first-order chi connectivity index (χ1) is 13.5. The number of carboxylic acids is 1. The van der Waals surface area contributed by atoms with Crippen molar-refractivity contribution >= 4 is 36.3 Å². The molecular weight excluding hydrogens is 390 g/mol. The van der Waals surface area contributed by atoms with Gasteiger partial charge in [-0.2, -0.15) is 24.4 Å². The summed E-state index contributed by atoms with van der Waals surface area (Å²) in [6.07, 6.45) is 7.19. The van der Waals surface area contributed by atoms with Gasteiger partial charge in [0.2, 0.25) is 5.91 Å². The quantitative estimate of drug-likeness (QED) is 0.633. The first kappa shape index (κ1) is 21.6. The van der Waals surface area contributed by atoms with Crippen LogP contribution in [0.15, 0.2) is 24.3 Å². The predicted molar refractivity (Wildman–Crippen MR) is 118 cm³/mol. The molecule has 6 heteroatoms. The molecule has 2 aliphatic rings. The van der Waals surface area contributed by atoms with Gasteiger partial charge >= 0.3 is 5.97 Å². The lowest BCUT2D eigenvalue weighted by molar-refractivity contribution is -0.149. The van der Waals surface area contributed by atoms with E-state index in [1.54, 1.807) is 16.7 Å². The minimum absolute atomic E-state index is 0.0951. The molecule has 154 valence electrons. The molecule has 1 N–H and O–H groups in total. The van der Waals surface area contributed by atoms with E-state index in [-0.39, 0.29) is 17.1 Å². The predicted octanol–water partition coefficient (Wildman–Crippen LogP) is 4.59. The Hall–Kier alpha value is -1.14. The fraction of sp³-hybridized carbons (Fsp3) is 0.636. The lowest BCUT2D eigenvalue weighted by Gasteiger charge is -2.24. The van der Waals surface area contributed by atoms with Gasteiger partial charge in [0.05, 0.1) is 0 Å². The molecule has 1 heterocycles. The Labute approximate surface area is 177 Å². The molecule has 28 heavy (non-hydrogen) atoms. The summed E-state index contributed by atoms with van der Waals surface area (Å²) in [5.41, 5.74) is 2.72. The molecule has 1 saturated heterocycles. The summed E-state index contributed by atoms with van der Waals surface area (Å²) in [4.78, 5) is 25.7. The van der Waals surface area contributed by atoms with Crippen LogP contribution >= 0.6 is 24.4 Å². The van der Waals surface area contributed by atoms with Crippen molar-refractivity contribution in [3.05, 3.63) is 35.4 Å². The number of aliphatic carboxylic acids is 1. The maximum Gasteiger partial charge on any atom is 0.326 e. The van der Waals surface area contributed by atoms with E-state index in [1.807, 2.05) is 6.92 Å². The van der Waals surface area contributed by atoms with Crippen LogP contribution in [0.1, 0.15) is 62.5 Å². The van der Waals surface area contributed by atoms with Gasteiger partial charge in [0.1, 0.15) is 6.04 Å². The highest BCUT2D eigenvalue weighted by Gasteiger charge is 2.40. The summed E-state index contributed by atoms with van der Waals surface area (Å²) in [5, 5.41) is 9.68. The SMILES string of the molecule is C[C@H](CS)C(=O)N1C[C@@H](SCc2ccc(C3CCCCC3)cc2)C[C@H]1C(=O)O. The summed E-state index contributed by atoms with van der Waals surface area (Å²) in [6.45, 7) is 2.32. The van der Waals surface area contributed by atoms with Crippen molar-refractivity contribution in [2.24, 2.45) is 5.92 Å². The molecule has 4 nitrogen and oxygen atoms in total. The fourth-order valence-electron chi connectivity index (χ4n) is 4.29. The number of thiol groups is 1. The number of hydrogen-bond acceptors (Lipinski definition) is 4. The zero-order valence-corrected chi connectivity index (χ0v) is 18.3. The number of carbonyl (C=O) groups excluding carboxylic acids is 1. The summed E-state index contributed by atoms with van der Waals surface area (Å²) in [6, 6.07) is 8.26. The van der Waals surface area contributed by atoms with Crippen LogP contribution in [0.5, 0.6) is 0 Å². The van der Waals surface area contributed by atoms with Gasteiger partial charge in [-0.05, 0) is 36.3 Å². The van der Waals surface area contributed by atoms with E-state index in [4.69, 9.17) is 0 Å². The smallest absolute Gasteiger partial charge is 0.326 e. The summed E-state index contributed by atoms with van der Waals surface area (Å²) in [5.74, 6) is 0.761. The van der Waals surface area contributed by atoms with Gasteiger partial charge in [-0.25, -0.2) is 4.79 Å². The molecule has 0 unspecified atom stereocenters. The number of thioether (sulfide) groups is 1. The Morgan fingerprint density at radius 3 is 2.50 bits per heavy atom. The highest BCUT2D eigenvalue weighted by atomic mass is 32.2. The Morgan fingerprint density at radius 2 is 1.89 bits per heavy atom. The molecule has 1 aliphatic heterocycles. The van der Waals surface area contributed by atoms with Gasteiger partial charge in [-0.15, -0.1) is 0 Å². The molecule has 3 atom stereocenters. The zero-order valence-electron chi connectivity index (χ0n) is 16.5. The first-order valence-corrected chi connectivity index (χ1v) is 12.0. The Balaban J connectivity index is 1.55. The van der Waals surface area contributed by atoms with Crippen molar-refractivity contribution in [1.82, 2.24) is 4.90 Å². The van der Waals surface area contributed by atoms with Crippen molar-refractivity contribution in [3.8, 4) is 0 Å². The number of carbonyl (C=O) groups is 2. The van der Waals surface area contributed by atoms with E-state index in [0.29, 0.717) is 18.7 Å². The van der Waals surface area contributed by atoms with Gasteiger partial charge in [0.15, 0.2) is 0 Å². The van der Waals surface area contributed by atoms with Crippen LogP contribution in [0, 0.1) is 5.92 Å². The van der Waals surface area contributed by atoms with Crippen LogP contribution in [0.2, 0.25) is 0 Å². The molecule has 1 aromatic carbocycles. The second-order valence-corrected chi connectivity index (χ2v) is 9.83. The number of likely N-dealkylation sites (tertiary alicyclic amines) is 1. The molecule has 0 aromatic heterocycles. The third-order valence-electron chi connectivity index (χ3n) is 6.07. The topological polar surface area (TPSA) is 57.6 Å². The molecule has 0 radical (unpaired) electrons. The molecule has 1 saturated carbocycles. The lowest BCUT2D eigenvalue weighted by Crippen LogP contribution is -2.43. The lowest BCUT2D eigenvalue weighted by atomic mass is 9.84. The Morgan fingerprint density at radius 1 is 1.21 bits per heavy atom. The van der Waals surface area contributed by atoms with Crippen LogP contribution in [0.3, 0.4) is 0 Å². The molecule has 0 bridgehead atoms. The van der Waals surface area contributed by atoms with Crippen LogP contribution in [0.4, 0.5) is 0 Å². The second kappa shape index (κ2) is 10.1. The summed E-state index contributed by atoms with van der Waals surface area (Å²) >= 11 is 5.95. The van der Waals surface area contributed by atoms with Gasteiger partial charge in [0, 0.05) is 29.2 Å². The highest BCUT2D eigenvalue weighted by molar-refractivity contribution is 7.99. The Kier molecular flexibility index (Phi) is 7.75. The van der Waals surface area contributed by atoms with Crippen LogP contribution in [-0.2, 0) is 15.3 Å². The third-order valence-corrected chi connectivity index (χ3v) is 7.93. The fourth-order valence-corrected chi connectivity index (χ4v) is 5.65. The molecular formula is C22H31NO3S2. The Bertz CT molecular complexity index is 673. The molecule has 2 fully saturated rings. The average Bonchev–Trinajstić information content (AvgIpc) is 3.17. The van der Waals surface area contributed by atoms with Gasteiger partial charge in [-0.1, -0.05) is 50.5 Å². The van der Waals surface area contributed by atoms with E-state index in [0.717, 1.165) is 11.7 Å². The maximum absolute atomic E-state index is 12.5. The number of amides is 1. The highest BCUT2D eigenvalue weighted by Crippen LogP contribution is 2.34. The molecule has 3 rings (SSSR count). The first-order valence-electron chi connectivity index (χ1n) is 10.3. The number of benzene rings is 1. The van der Waals surface area contributed by atoms with Crippen molar-refractivity contribution in [2.45, 2.75) is 68.4 Å². The van der Waals surface area contributed by atoms with Crippen LogP contribution < -0.4 is 0 Å². The van der Waals surface area contributed by atoms with Crippen molar-refractivity contribution < 1.29 is 14.7 Å². The minimum Gasteiger partial charge on any atom is -0.480 e. The van der Waals surface area contributed by atoms with Gasteiger partial charge in [-0.3, -0.25) is 4.79 Å². The van der Waals surface area contributed by atoms with Gasteiger partial charge in [0.25, 0.3) is 0 Å². The van der Waals surface area contributed by atoms with E-state index in [9.17, 15) is 14.7 Å². The third kappa shape index (κ3) is 5.26. The maximum atomic E-state index is 12.5. The van der Waals surface area contributed by atoms with Crippen molar-refractivity contribution in [3.63, 3.8) is 0 Å². The van der Waals surface area contributed by atoms with E-state index in [1.165, 1.54) is 43.2 Å². The number of nitrogens with zero attached hydrogens (tertiary/aromatic N) is 1. The van der Waals surface area contributed by atoms with Crippen LogP contribution in [0.25, 0.3) is 0 Å². The van der Waals surface area contributed by atoms with Crippen LogP contribution in [-0.4, -0.2) is 45.5 Å². The average molecular weight is 422 g/mol. The van der Waals surface area contributed by atoms with Crippen molar-refractivity contribution in [2.75, 3.05) is 12.3 Å². The molecule has 1 aliphatic carbocycles. The number of hydrogen-bond donors (Lipinski definition) is 2. The molecule has 1 amide bonds. The monoisotopic (exact) mass is 421 g/mol. The molecule has 1 aromatic rings. The zero-order chi connectivity index (χ0) is 20.1. The molecule has 0 spiro atoms. The minimum atomic E-state index is -0.903. The van der Waals surface area contributed by atoms with E-state index in [2.05, 4.69) is 36.9 Å². The second-order valence-electron chi connectivity index (χ2n) is 8.17. The van der Waals surface area contributed by atoms with E-state index < -0.39 is 12.0 Å². The number of carboxylic acid groups (broad SMARTS) is 1. The number of rotatable bonds is 7. The normalized spacial score (nSPS) is 24.3. The standard InChI is InChI=1S/C22H31NO3S2/c1-15(13-27)21(24)23-12-19(11-20(23)22(25)26)28-14-16-7-9-18(10-8-16)17-5-3-2-4-6-17/h7-10,15,17,19-20,27H,2-6,11-14H2,1H3,(H,25,26)/t15-,19+,20+/m1/s1.